The van der Waals surface area contributed by atoms with Gasteiger partial charge in [0.05, 0.1) is 40.3 Å². The smallest absolute Gasteiger partial charge is 0.131 e. The lowest BCUT2D eigenvalue weighted by Gasteiger charge is -2.15. The van der Waals surface area contributed by atoms with Crippen molar-refractivity contribution in [3.63, 3.8) is 0 Å². The van der Waals surface area contributed by atoms with E-state index in [0.717, 1.165) is 11.0 Å². The second-order valence-electron chi connectivity index (χ2n) is 4.60. The minimum Gasteiger partial charge on any atom is -0.496 e. The van der Waals surface area contributed by atoms with Crippen LogP contribution in [0.1, 0.15) is 6.93 Å². The highest BCUT2D eigenvalue weighted by Gasteiger charge is 2.15. The van der Waals surface area contributed by atoms with Gasteiger partial charge in [0.1, 0.15) is 22.8 Å². The first-order valence-electron chi connectivity index (χ1n) is 7.29. The summed E-state index contributed by atoms with van der Waals surface area (Å²) in [5.74, 6) is 1.60. The van der Waals surface area contributed by atoms with E-state index in [9.17, 15) is 0 Å². The molecule has 0 fully saturated rings. The average molecular weight is 300 g/mol. The van der Waals surface area contributed by atoms with Crippen molar-refractivity contribution in [2.75, 3.05) is 21.3 Å². The van der Waals surface area contributed by atoms with Crippen LogP contribution in [0.15, 0.2) is 36.4 Å². The molecule has 0 aliphatic rings. The van der Waals surface area contributed by atoms with Gasteiger partial charge in [-0.1, -0.05) is 17.3 Å². The molecule has 0 N–H and O–H groups in total. The van der Waals surface area contributed by atoms with E-state index < -0.39 is 6.52 Å². The molecule has 1 heterocycles. The molecule has 1 atom stereocenters. The van der Waals surface area contributed by atoms with Gasteiger partial charge < -0.3 is 14.2 Å². The van der Waals surface area contributed by atoms with E-state index in [4.69, 9.17) is 15.6 Å². The molecule has 0 aliphatic carbocycles. The number of nitrogens with zero attached hydrogens (tertiary/aromatic N) is 3. The van der Waals surface area contributed by atoms with Crippen LogP contribution in [0.25, 0.3) is 11.0 Å². The number of aromatic nitrogens is 3. The lowest BCUT2D eigenvalue weighted by atomic mass is 10.1. The predicted octanol–water partition coefficient (Wildman–Crippen LogP) is 2.51. The summed E-state index contributed by atoms with van der Waals surface area (Å²) >= 11 is 0. The Hall–Kier alpha value is -2.76. The molecule has 6 heteroatoms. The van der Waals surface area contributed by atoms with E-state index >= 15 is 0 Å². The largest absolute Gasteiger partial charge is 0.496 e. The Bertz CT molecular complexity index is 809. The maximum Gasteiger partial charge on any atom is 0.131 e. The molecule has 6 nitrogen and oxygen atoms in total. The van der Waals surface area contributed by atoms with Crippen LogP contribution in [0.4, 0.5) is 0 Å². The molecule has 0 bridgehead atoms. The van der Waals surface area contributed by atoms with Crippen molar-refractivity contribution in [1.82, 2.24) is 15.0 Å². The Labute approximate surface area is 129 Å². The highest BCUT2D eigenvalue weighted by molar-refractivity contribution is 5.74. The molecule has 114 valence electrons. The summed E-state index contributed by atoms with van der Waals surface area (Å²) in [6.45, 7) is -0.863. The molecular formula is C16H17N3O3. The van der Waals surface area contributed by atoms with Crippen molar-refractivity contribution >= 4 is 11.0 Å². The van der Waals surface area contributed by atoms with Crippen molar-refractivity contribution in [2.24, 2.45) is 0 Å². The number of ether oxygens (including phenoxy) is 3. The fraction of sp³-hybridized carbons (Fsp3) is 0.250. The van der Waals surface area contributed by atoms with Gasteiger partial charge >= 0.3 is 0 Å². The second kappa shape index (κ2) is 5.93. The Kier molecular flexibility index (Phi) is 3.49. The lowest BCUT2D eigenvalue weighted by Crippen LogP contribution is -2.06. The van der Waals surface area contributed by atoms with Crippen LogP contribution >= 0.6 is 0 Å². The topological polar surface area (TPSA) is 58.4 Å². The molecule has 3 aromatic rings. The third-order valence-electron chi connectivity index (χ3n) is 3.38. The van der Waals surface area contributed by atoms with Crippen LogP contribution in [0.3, 0.4) is 0 Å². The fourth-order valence-electron chi connectivity index (χ4n) is 2.26. The zero-order valence-corrected chi connectivity index (χ0v) is 12.6. The molecular weight excluding hydrogens is 282 g/mol. The van der Waals surface area contributed by atoms with E-state index in [1.807, 2.05) is 24.3 Å². The minimum absolute atomic E-state index is 0.501. The number of para-hydroxylation sites is 1. The number of fused-ring (bicyclic) bond motifs is 1. The Morgan fingerprint density at radius 1 is 1.05 bits per heavy atom. The molecule has 0 aliphatic heterocycles. The minimum atomic E-state index is -0.863. The zero-order chi connectivity index (χ0) is 16.4. The summed E-state index contributed by atoms with van der Waals surface area (Å²) in [6.07, 6.45) is 0. The number of methoxy groups -OCH3 is 3. The van der Waals surface area contributed by atoms with Gasteiger partial charge in [0, 0.05) is 12.1 Å². The summed E-state index contributed by atoms with van der Waals surface area (Å²) < 4.78 is 26.2. The summed E-state index contributed by atoms with van der Waals surface area (Å²) in [5, 5.41) is 8.20. The molecule has 0 saturated carbocycles. The molecule has 1 unspecified atom stereocenters. The third kappa shape index (κ3) is 2.43. The Morgan fingerprint density at radius 3 is 2.36 bits per heavy atom. The van der Waals surface area contributed by atoms with Crippen LogP contribution in [0.2, 0.25) is 0 Å². The molecule has 2 aromatic carbocycles. The molecule has 0 amide bonds. The first-order valence-corrected chi connectivity index (χ1v) is 6.71. The van der Waals surface area contributed by atoms with Gasteiger partial charge in [0.15, 0.2) is 0 Å². The molecule has 3 rings (SSSR count). The predicted molar refractivity (Wildman–Crippen MR) is 82.7 cm³/mol. The fourth-order valence-corrected chi connectivity index (χ4v) is 2.26. The zero-order valence-electron chi connectivity index (χ0n) is 13.6. The first kappa shape index (κ1) is 12.9. The molecule has 1 aromatic heterocycles. The first-order chi connectivity index (χ1) is 11.2. The number of hydrogen-bond donors (Lipinski definition) is 0. The summed E-state index contributed by atoms with van der Waals surface area (Å²) in [5.41, 5.74) is 2.06. The number of benzene rings is 2. The average Bonchev–Trinajstić information content (AvgIpc) is 3.03. The SMILES string of the molecule is [2H]C(c1c(OC)cc(OC)cc1OC)n1nnc2ccccc21. The van der Waals surface area contributed by atoms with Crippen molar-refractivity contribution in [2.45, 2.75) is 6.52 Å². The van der Waals surface area contributed by atoms with Crippen molar-refractivity contribution in [3.05, 3.63) is 42.0 Å². The van der Waals surface area contributed by atoms with Crippen LogP contribution in [0, 0.1) is 0 Å². The van der Waals surface area contributed by atoms with Crippen LogP contribution in [-0.4, -0.2) is 36.3 Å². The third-order valence-corrected chi connectivity index (χ3v) is 3.38. The van der Waals surface area contributed by atoms with Gasteiger partial charge in [-0.3, -0.25) is 0 Å². The normalized spacial score (nSPS) is 12.8. The van der Waals surface area contributed by atoms with Crippen molar-refractivity contribution < 1.29 is 15.6 Å². The van der Waals surface area contributed by atoms with E-state index in [-0.39, 0.29) is 0 Å². The molecule has 0 saturated heterocycles. The van der Waals surface area contributed by atoms with Crippen LogP contribution in [0.5, 0.6) is 17.2 Å². The highest BCUT2D eigenvalue weighted by Crippen LogP contribution is 2.34. The van der Waals surface area contributed by atoms with Gasteiger partial charge in [0.2, 0.25) is 0 Å². The van der Waals surface area contributed by atoms with E-state index in [2.05, 4.69) is 10.3 Å². The standard InChI is InChI=1S/C16H17N3O3/c1-20-11-8-15(21-2)12(16(9-11)22-3)10-19-14-7-5-4-6-13(14)17-18-19/h4-9H,10H2,1-3H3/i10D. The maximum absolute atomic E-state index is 8.63. The van der Waals surface area contributed by atoms with E-state index in [0.29, 0.717) is 22.8 Å². The monoisotopic (exact) mass is 300 g/mol. The quantitative estimate of drug-likeness (QED) is 0.724. The second-order valence-corrected chi connectivity index (χ2v) is 4.60. The van der Waals surface area contributed by atoms with E-state index in [1.54, 1.807) is 33.5 Å². The Morgan fingerprint density at radius 2 is 1.73 bits per heavy atom. The van der Waals surface area contributed by atoms with Crippen LogP contribution in [-0.2, 0) is 6.52 Å². The van der Waals surface area contributed by atoms with Gasteiger partial charge in [-0.2, -0.15) is 0 Å². The maximum atomic E-state index is 8.63. The van der Waals surface area contributed by atoms with E-state index in [1.165, 1.54) is 4.68 Å². The van der Waals surface area contributed by atoms with Gasteiger partial charge in [-0.05, 0) is 12.1 Å². The lowest BCUT2D eigenvalue weighted by molar-refractivity contribution is 0.366. The highest BCUT2D eigenvalue weighted by atomic mass is 16.5. The van der Waals surface area contributed by atoms with Gasteiger partial charge in [-0.25, -0.2) is 4.68 Å². The molecule has 0 spiro atoms. The van der Waals surface area contributed by atoms with Gasteiger partial charge in [0.25, 0.3) is 0 Å². The summed E-state index contributed by atoms with van der Waals surface area (Å²) in [7, 11) is 4.66. The van der Waals surface area contributed by atoms with Crippen molar-refractivity contribution in [3.8, 4) is 17.2 Å². The number of hydrogen-bond acceptors (Lipinski definition) is 5. The molecule has 22 heavy (non-hydrogen) atoms. The van der Waals surface area contributed by atoms with Crippen molar-refractivity contribution in [1.29, 1.82) is 0 Å². The number of rotatable bonds is 5. The van der Waals surface area contributed by atoms with Crippen LogP contribution < -0.4 is 14.2 Å². The van der Waals surface area contributed by atoms with Gasteiger partial charge in [-0.15, -0.1) is 5.10 Å². The Balaban J connectivity index is 2.16. The summed E-state index contributed by atoms with van der Waals surface area (Å²) in [4.78, 5) is 0. The summed E-state index contributed by atoms with van der Waals surface area (Å²) in [6, 6.07) is 10.9. The molecule has 0 radical (unpaired) electrons.